The van der Waals surface area contributed by atoms with Crippen LogP contribution in [0.4, 0.5) is 11.4 Å². The van der Waals surface area contributed by atoms with Crippen molar-refractivity contribution in [2.24, 2.45) is 10.9 Å². The number of nitrogens with zero attached hydrogens (tertiary/aromatic N) is 1. The first-order valence-electron chi connectivity index (χ1n) is 13.5. The molecule has 6 rings (SSSR count). The Hall–Kier alpha value is -4.02. The molecule has 0 saturated carbocycles. The van der Waals surface area contributed by atoms with Crippen LogP contribution in [0.2, 0.25) is 5.02 Å². The van der Waals surface area contributed by atoms with Gasteiger partial charge in [0.2, 0.25) is 0 Å². The molecule has 5 heteroatoms. The number of anilines is 1. The van der Waals surface area contributed by atoms with E-state index in [4.69, 9.17) is 26.1 Å². The summed E-state index contributed by atoms with van der Waals surface area (Å²) in [5.41, 5.74) is 6.71. The lowest BCUT2D eigenvalue weighted by Crippen LogP contribution is -2.28. The van der Waals surface area contributed by atoms with E-state index in [1.807, 2.05) is 55.6 Å². The number of rotatable bonds is 8. The zero-order valence-corrected chi connectivity index (χ0v) is 22.6. The summed E-state index contributed by atoms with van der Waals surface area (Å²) in [6, 6.07) is 31.2. The summed E-state index contributed by atoms with van der Waals surface area (Å²) in [6.07, 6.45) is 7.60. The molecule has 1 N–H and O–H groups in total. The van der Waals surface area contributed by atoms with E-state index < -0.39 is 0 Å². The highest BCUT2D eigenvalue weighted by molar-refractivity contribution is 6.32. The molecule has 4 nitrogen and oxygen atoms in total. The molecule has 3 atom stereocenters. The van der Waals surface area contributed by atoms with E-state index in [1.165, 1.54) is 16.8 Å². The van der Waals surface area contributed by atoms with Crippen molar-refractivity contribution in [3.63, 3.8) is 0 Å². The number of benzene rings is 4. The van der Waals surface area contributed by atoms with Crippen LogP contribution in [-0.4, -0.2) is 12.8 Å². The smallest absolute Gasteiger partial charge is 0.180 e. The summed E-state index contributed by atoms with van der Waals surface area (Å²) in [4.78, 5) is 4.72. The van der Waals surface area contributed by atoms with Gasteiger partial charge < -0.3 is 14.8 Å². The van der Waals surface area contributed by atoms with Crippen LogP contribution in [0.5, 0.6) is 11.5 Å². The Morgan fingerprint density at radius 3 is 2.56 bits per heavy atom. The summed E-state index contributed by atoms with van der Waals surface area (Å²) in [7, 11) is 0. The van der Waals surface area contributed by atoms with Gasteiger partial charge in [0.15, 0.2) is 11.5 Å². The molecular formula is C34H31ClN2O2. The summed E-state index contributed by atoms with van der Waals surface area (Å²) in [6.45, 7) is 2.87. The van der Waals surface area contributed by atoms with E-state index in [0.717, 1.165) is 23.2 Å². The summed E-state index contributed by atoms with van der Waals surface area (Å²) < 4.78 is 11.9. The highest BCUT2D eigenvalue weighted by Gasteiger charge is 2.37. The SMILES string of the molecule is CCOc1cc(C=Nc2ccc([C@@H]3Nc4ccccc4[C@@H]4C=CC[C@H]43)cc2)cc(Cl)c1OCc1ccccc1. The fourth-order valence-corrected chi connectivity index (χ4v) is 5.86. The summed E-state index contributed by atoms with van der Waals surface area (Å²) in [5.74, 6) is 2.15. The van der Waals surface area contributed by atoms with Crippen LogP contribution in [-0.2, 0) is 6.61 Å². The number of fused-ring (bicyclic) bond motifs is 3. The summed E-state index contributed by atoms with van der Waals surface area (Å²) >= 11 is 6.63. The van der Waals surface area contributed by atoms with Crippen molar-refractivity contribution >= 4 is 29.2 Å². The van der Waals surface area contributed by atoms with Gasteiger partial charge in [-0.1, -0.05) is 84.4 Å². The number of halogens is 1. The standard InChI is InChI=1S/C34H31ClN2O2/c1-2-38-32-20-24(19-30(35)34(32)39-22-23-9-4-3-5-10-23)21-36-26-17-15-25(16-18-26)33-29-13-8-12-27(29)28-11-6-7-14-31(28)37-33/h3-12,14-21,27,29,33,37H,2,13,22H2,1H3/t27-,29+,33-/m0/s1. The lowest BCUT2D eigenvalue weighted by molar-refractivity contribution is 0.269. The molecule has 0 saturated heterocycles. The number of aliphatic imine (C=N–C) groups is 1. The molecule has 4 aromatic rings. The predicted molar refractivity (Wildman–Crippen MR) is 160 cm³/mol. The minimum Gasteiger partial charge on any atom is -0.490 e. The Bertz CT molecular complexity index is 1500. The van der Waals surface area contributed by atoms with Gasteiger partial charge in [-0.05, 0) is 71.8 Å². The van der Waals surface area contributed by atoms with Crippen molar-refractivity contribution < 1.29 is 9.47 Å². The molecule has 0 fully saturated rings. The van der Waals surface area contributed by atoms with Crippen LogP contribution < -0.4 is 14.8 Å². The van der Waals surface area contributed by atoms with Crippen LogP contribution in [0.15, 0.2) is 108 Å². The molecule has 2 aliphatic rings. The lowest BCUT2D eigenvalue weighted by atomic mass is 9.77. The van der Waals surface area contributed by atoms with Crippen LogP contribution in [0.3, 0.4) is 0 Å². The van der Waals surface area contributed by atoms with Crippen molar-refractivity contribution in [1.82, 2.24) is 0 Å². The van der Waals surface area contributed by atoms with Gasteiger partial charge in [-0.3, -0.25) is 4.99 Å². The van der Waals surface area contributed by atoms with Gasteiger partial charge in [0.25, 0.3) is 0 Å². The monoisotopic (exact) mass is 534 g/mol. The van der Waals surface area contributed by atoms with Gasteiger partial charge in [0.1, 0.15) is 6.61 Å². The van der Waals surface area contributed by atoms with Crippen LogP contribution >= 0.6 is 11.6 Å². The van der Waals surface area contributed by atoms with Crippen LogP contribution in [0, 0.1) is 5.92 Å². The van der Waals surface area contributed by atoms with Crippen molar-refractivity contribution in [1.29, 1.82) is 0 Å². The Morgan fingerprint density at radius 1 is 0.949 bits per heavy atom. The maximum Gasteiger partial charge on any atom is 0.180 e. The second-order valence-electron chi connectivity index (χ2n) is 9.95. The quantitative estimate of drug-likeness (QED) is 0.181. The Kier molecular flexibility index (Phi) is 7.38. The molecule has 0 aromatic heterocycles. The maximum atomic E-state index is 6.63. The Labute approximate surface area is 235 Å². The number of para-hydroxylation sites is 1. The molecule has 0 amide bonds. The van der Waals surface area contributed by atoms with E-state index in [2.05, 4.69) is 66.0 Å². The largest absolute Gasteiger partial charge is 0.490 e. The molecule has 0 spiro atoms. The van der Waals surface area contributed by atoms with E-state index >= 15 is 0 Å². The molecule has 1 heterocycles. The Balaban J connectivity index is 1.18. The topological polar surface area (TPSA) is 42.8 Å². The second-order valence-corrected chi connectivity index (χ2v) is 10.4. The first kappa shape index (κ1) is 25.3. The average molecular weight is 535 g/mol. The number of hydrogen-bond donors (Lipinski definition) is 1. The van der Waals surface area contributed by atoms with Crippen LogP contribution in [0.1, 0.15) is 47.6 Å². The normalized spacial score (nSPS) is 19.4. The zero-order chi connectivity index (χ0) is 26.6. The van der Waals surface area contributed by atoms with E-state index in [1.54, 1.807) is 0 Å². The number of allylic oxidation sites excluding steroid dienone is 2. The fourth-order valence-electron chi connectivity index (χ4n) is 5.59. The fraction of sp³-hybridized carbons (Fsp3) is 0.206. The molecule has 1 aliphatic heterocycles. The molecular weight excluding hydrogens is 504 g/mol. The van der Waals surface area contributed by atoms with E-state index in [9.17, 15) is 0 Å². The second kappa shape index (κ2) is 11.4. The lowest BCUT2D eigenvalue weighted by Gasteiger charge is -2.37. The van der Waals surface area contributed by atoms with Crippen molar-refractivity contribution in [2.45, 2.75) is 31.9 Å². The molecule has 196 valence electrons. The van der Waals surface area contributed by atoms with Crippen molar-refractivity contribution in [3.05, 3.63) is 130 Å². The van der Waals surface area contributed by atoms with Crippen molar-refractivity contribution in [3.8, 4) is 11.5 Å². The number of ether oxygens (including phenoxy) is 2. The number of hydrogen-bond acceptors (Lipinski definition) is 4. The van der Waals surface area contributed by atoms with Gasteiger partial charge in [0.05, 0.1) is 23.4 Å². The van der Waals surface area contributed by atoms with Gasteiger partial charge in [0, 0.05) is 17.8 Å². The molecule has 0 unspecified atom stereocenters. The van der Waals surface area contributed by atoms with Gasteiger partial charge in [-0.15, -0.1) is 0 Å². The van der Waals surface area contributed by atoms with E-state index in [-0.39, 0.29) is 6.04 Å². The molecule has 0 bridgehead atoms. The molecule has 39 heavy (non-hydrogen) atoms. The maximum absolute atomic E-state index is 6.63. The van der Waals surface area contributed by atoms with Gasteiger partial charge in [-0.25, -0.2) is 0 Å². The molecule has 1 aliphatic carbocycles. The third-order valence-electron chi connectivity index (χ3n) is 7.44. The first-order chi connectivity index (χ1) is 19.2. The summed E-state index contributed by atoms with van der Waals surface area (Å²) in [5, 5.41) is 4.29. The highest BCUT2D eigenvalue weighted by atomic mass is 35.5. The highest BCUT2D eigenvalue weighted by Crippen LogP contribution is 2.49. The third-order valence-corrected chi connectivity index (χ3v) is 7.73. The van der Waals surface area contributed by atoms with E-state index in [0.29, 0.717) is 41.6 Å². The van der Waals surface area contributed by atoms with Gasteiger partial charge >= 0.3 is 0 Å². The van der Waals surface area contributed by atoms with Crippen molar-refractivity contribution in [2.75, 3.05) is 11.9 Å². The first-order valence-corrected chi connectivity index (χ1v) is 13.9. The molecule has 4 aromatic carbocycles. The number of nitrogens with one attached hydrogen (secondary N) is 1. The minimum absolute atomic E-state index is 0.272. The molecule has 0 radical (unpaired) electrons. The Morgan fingerprint density at radius 2 is 1.74 bits per heavy atom. The van der Waals surface area contributed by atoms with Gasteiger partial charge in [-0.2, -0.15) is 0 Å². The zero-order valence-electron chi connectivity index (χ0n) is 21.9. The predicted octanol–water partition coefficient (Wildman–Crippen LogP) is 8.89. The average Bonchev–Trinajstić information content (AvgIpc) is 3.47. The third kappa shape index (κ3) is 5.43. The minimum atomic E-state index is 0.272. The van der Waals surface area contributed by atoms with Crippen LogP contribution in [0.25, 0.3) is 0 Å².